The van der Waals surface area contributed by atoms with Crippen molar-refractivity contribution in [3.8, 4) is 0 Å². The number of rotatable bonds is 21. The summed E-state index contributed by atoms with van der Waals surface area (Å²) >= 11 is 0. The summed E-state index contributed by atoms with van der Waals surface area (Å²) in [5.41, 5.74) is 1.02. The maximum atomic E-state index is 12.7. The lowest BCUT2D eigenvalue weighted by atomic mass is 9.98. The van der Waals surface area contributed by atoms with Crippen molar-refractivity contribution in [1.82, 2.24) is 0 Å². The van der Waals surface area contributed by atoms with Crippen molar-refractivity contribution < 1.29 is 23.9 Å². The van der Waals surface area contributed by atoms with E-state index in [1.165, 1.54) is 38.2 Å². The van der Waals surface area contributed by atoms with E-state index in [4.69, 9.17) is 9.16 Å². The molecule has 193 valence electrons. The van der Waals surface area contributed by atoms with Crippen LogP contribution in [0.2, 0.25) is 0 Å². The molecule has 1 heterocycles. The molecule has 0 aromatic heterocycles. The van der Waals surface area contributed by atoms with Gasteiger partial charge < -0.3 is 16.1 Å². The van der Waals surface area contributed by atoms with Crippen LogP contribution in [0, 0.1) is 20.8 Å². The zero-order valence-corrected chi connectivity index (χ0v) is 21.3. The molecule has 1 aliphatic heterocycles. The highest BCUT2D eigenvalue weighted by molar-refractivity contribution is 5.97. The standard InChI is InChI=1S/C29H42NO5/c1-5-7-9-11-12-13-14-15-16-18-24(34-29(33)26(30-22-31)20-23(3)4)21-27-25(28(32)35-27)19-17-10-8-6-2/h1-21H2. The molecule has 0 spiro atoms. The van der Waals surface area contributed by atoms with Crippen LogP contribution in [0.4, 0.5) is 0 Å². The van der Waals surface area contributed by atoms with Crippen molar-refractivity contribution in [2.45, 2.75) is 109 Å². The minimum absolute atomic E-state index is 0.0324. The number of carbonyl (C=O) groups excluding carboxylic acids is 3. The zero-order chi connectivity index (χ0) is 25.9. The number of cyclic esters (lactones) is 1. The van der Waals surface area contributed by atoms with Crippen molar-refractivity contribution in [3.63, 3.8) is 0 Å². The number of unbranched alkanes of at least 4 members (excludes halogenated alkanes) is 11. The number of nitrogens with zero attached hydrogens (tertiary/aromatic N) is 1. The normalized spacial score (nSPS) is 14.2. The predicted octanol–water partition coefficient (Wildman–Crippen LogP) is 6.46. The van der Waals surface area contributed by atoms with Gasteiger partial charge in [-0.15, -0.1) is 0 Å². The third-order valence-corrected chi connectivity index (χ3v) is 5.86. The first-order valence-electron chi connectivity index (χ1n) is 13.0. The fourth-order valence-corrected chi connectivity index (χ4v) is 3.90. The molecule has 0 N–H and O–H groups in total. The summed E-state index contributed by atoms with van der Waals surface area (Å²) < 4.78 is 10.9. The van der Waals surface area contributed by atoms with Gasteiger partial charge in [0.05, 0.1) is 31.1 Å². The van der Waals surface area contributed by atoms with Crippen LogP contribution in [0.15, 0.2) is 40.1 Å². The molecule has 1 aliphatic rings. The van der Waals surface area contributed by atoms with Crippen molar-refractivity contribution in [2.75, 3.05) is 0 Å². The second-order valence-corrected chi connectivity index (χ2v) is 9.07. The summed E-state index contributed by atoms with van der Waals surface area (Å²) in [6.45, 7) is 15.0. The van der Waals surface area contributed by atoms with E-state index in [1.54, 1.807) is 0 Å². The van der Waals surface area contributed by atoms with Gasteiger partial charge in [0.25, 0.3) is 0 Å². The van der Waals surface area contributed by atoms with Gasteiger partial charge in [-0.05, 0) is 39.0 Å². The molecular weight excluding hydrogens is 442 g/mol. The summed E-state index contributed by atoms with van der Waals surface area (Å²) in [6.07, 6.45) is 16.8. The first kappa shape index (κ1) is 30.4. The van der Waals surface area contributed by atoms with Crippen molar-refractivity contribution in [2.24, 2.45) is 4.99 Å². The van der Waals surface area contributed by atoms with Crippen LogP contribution in [0.1, 0.15) is 109 Å². The third-order valence-electron chi connectivity index (χ3n) is 5.86. The van der Waals surface area contributed by atoms with Crippen LogP contribution >= 0.6 is 0 Å². The molecule has 0 unspecified atom stereocenters. The lowest BCUT2D eigenvalue weighted by molar-refractivity contribution is -0.565. The van der Waals surface area contributed by atoms with Crippen molar-refractivity contribution in [3.05, 3.63) is 55.9 Å². The van der Waals surface area contributed by atoms with E-state index in [1.807, 2.05) is 0 Å². The molecule has 0 aliphatic carbocycles. The second kappa shape index (κ2) is 18.7. The fourth-order valence-electron chi connectivity index (χ4n) is 3.90. The zero-order valence-electron chi connectivity index (χ0n) is 21.3. The van der Waals surface area contributed by atoms with E-state index in [9.17, 15) is 14.7 Å². The maximum Gasteiger partial charge on any atom is 0.358 e. The minimum atomic E-state index is -0.721. The number of carbonyl (C=O) groups is 1. The molecule has 6 nitrogen and oxygen atoms in total. The van der Waals surface area contributed by atoms with Crippen LogP contribution < -0.4 is 5.11 Å². The predicted molar refractivity (Wildman–Crippen MR) is 137 cm³/mol. The van der Waals surface area contributed by atoms with Gasteiger partial charge in [0, 0.05) is 12.8 Å². The molecule has 0 saturated carbocycles. The number of ketones is 1. The van der Waals surface area contributed by atoms with Crippen LogP contribution in [-0.4, -0.2) is 17.8 Å². The molecule has 1 rings (SSSR count). The van der Waals surface area contributed by atoms with Gasteiger partial charge >= 0.3 is 11.9 Å². The first-order valence-corrected chi connectivity index (χ1v) is 13.0. The highest BCUT2D eigenvalue weighted by Gasteiger charge is 2.30. The largest absolute Gasteiger partial charge is 0.431 e. The topological polar surface area (TPSA) is 90.1 Å². The molecule has 0 bridgehead atoms. The van der Waals surface area contributed by atoms with E-state index in [2.05, 4.69) is 32.3 Å². The number of aliphatic imine (C=N–C) groups is 1. The molecule has 0 aromatic carbocycles. The van der Waals surface area contributed by atoms with Crippen LogP contribution in [0.25, 0.3) is 0 Å². The van der Waals surface area contributed by atoms with Gasteiger partial charge in [0.15, 0.2) is 0 Å². The van der Waals surface area contributed by atoms with Crippen molar-refractivity contribution in [1.29, 1.82) is 0 Å². The average Bonchev–Trinajstić information content (AvgIpc) is 2.81. The van der Waals surface area contributed by atoms with E-state index in [0.29, 0.717) is 35.5 Å². The van der Waals surface area contributed by atoms with E-state index < -0.39 is 5.95 Å². The summed E-state index contributed by atoms with van der Waals surface area (Å²) in [6, 6.07) is 0. The second-order valence-electron chi connectivity index (χ2n) is 9.07. The first-order chi connectivity index (χ1) is 16.9. The van der Waals surface area contributed by atoms with Gasteiger partial charge in [0.1, 0.15) is 11.5 Å². The highest BCUT2D eigenvalue weighted by Crippen LogP contribution is 2.29. The van der Waals surface area contributed by atoms with E-state index in [0.717, 1.165) is 51.4 Å². The number of ether oxygens (including phenoxy) is 1. The molecule has 0 atom stereocenters. The summed E-state index contributed by atoms with van der Waals surface area (Å²) in [4.78, 5) is 26.2. The number of hydrogen-bond donors (Lipinski definition) is 0. The van der Waals surface area contributed by atoms with Crippen molar-refractivity contribution >= 4 is 17.8 Å². The monoisotopic (exact) mass is 484 g/mol. The Bertz CT molecular complexity index is 815. The maximum absolute atomic E-state index is 12.7. The molecule has 0 aromatic rings. The Hall–Kier alpha value is -2.59. The molecule has 1 radical (unpaired) electrons. The number of hydrogen-bond acceptors (Lipinski definition) is 5. The summed E-state index contributed by atoms with van der Waals surface area (Å²) in [5.74, 6) is 0.0587. The van der Waals surface area contributed by atoms with E-state index >= 15 is 0 Å². The Labute approximate surface area is 211 Å². The van der Waals surface area contributed by atoms with Gasteiger partial charge in [-0.2, -0.15) is 11.4 Å². The van der Waals surface area contributed by atoms with Gasteiger partial charge in [-0.1, -0.05) is 57.1 Å². The third kappa shape index (κ3) is 13.2. The summed E-state index contributed by atoms with van der Waals surface area (Å²) in [5, 5.41) is 12.7. The van der Waals surface area contributed by atoms with E-state index in [-0.39, 0.29) is 24.5 Å². The molecule has 6 heteroatoms. The molecule has 0 fully saturated rings. The number of allylic oxidation sites excluding steroid dienone is 2. The Morgan fingerprint density at radius 1 is 1.06 bits per heavy atom. The summed E-state index contributed by atoms with van der Waals surface area (Å²) in [7, 11) is 0. The number of isocyanates is 1. The Morgan fingerprint density at radius 2 is 1.69 bits per heavy atom. The molecular formula is C29H42NO5. The van der Waals surface area contributed by atoms with Gasteiger partial charge in [-0.3, -0.25) is 0 Å². The lowest BCUT2D eigenvalue weighted by Gasteiger charge is -2.23. The minimum Gasteiger partial charge on any atom is -0.431 e. The Balaban J connectivity index is 2.84. The molecule has 0 amide bonds. The average molecular weight is 485 g/mol. The quantitative estimate of drug-likeness (QED) is 0.0356. The van der Waals surface area contributed by atoms with Crippen LogP contribution in [-0.2, 0) is 18.8 Å². The van der Waals surface area contributed by atoms with Crippen LogP contribution in [0.5, 0.6) is 0 Å². The molecule has 0 saturated heterocycles. The Kier molecular flexibility index (Phi) is 16.3. The highest BCUT2D eigenvalue weighted by atomic mass is 16.6. The number of esters is 1. The van der Waals surface area contributed by atoms with Gasteiger partial charge in [-0.25, -0.2) is 14.7 Å². The van der Waals surface area contributed by atoms with Gasteiger partial charge in [0.2, 0.25) is 6.08 Å². The fraction of sp³-hybridized carbons (Fsp3) is 0.586. The Morgan fingerprint density at radius 3 is 2.26 bits per heavy atom. The SMILES string of the molecule is [CH2]C(=C)CC(N=C=O)=C([O-])[O+]=C(CCCCCCCCCC[CH2-])CC1=C(CCCCC[CH2+])C(=O)O1. The van der Waals surface area contributed by atoms with Crippen LogP contribution in [0.3, 0.4) is 0 Å². The lowest BCUT2D eigenvalue weighted by Crippen LogP contribution is -2.25. The molecule has 35 heavy (non-hydrogen) atoms. The smallest absolute Gasteiger partial charge is 0.358 e.